The Morgan fingerprint density at radius 2 is 2.22 bits per heavy atom. The van der Waals surface area contributed by atoms with Crippen LogP contribution in [0.15, 0.2) is 18.5 Å². The van der Waals surface area contributed by atoms with E-state index in [-0.39, 0.29) is 18.6 Å². The third kappa shape index (κ3) is 4.09. The summed E-state index contributed by atoms with van der Waals surface area (Å²) < 4.78 is 0. The van der Waals surface area contributed by atoms with Crippen molar-refractivity contribution in [2.75, 3.05) is 11.9 Å². The number of rotatable bonds is 4. The second-order valence-electron chi connectivity index (χ2n) is 5.38. The van der Waals surface area contributed by atoms with Crippen molar-refractivity contribution in [3.05, 3.63) is 24.0 Å². The van der Waals surface area contributed by atoms with Crippen LogP contribution in [0.2, 0.25) is 0 Å². The van der Waals surface area contributed by atoms with Crippen LogP contribution in [0.4, 0.5) is 5.69 Å². The molecule has 1 aromatic rings. The molecule has 0 spiro atoms. The Hall–Kier alpha value is -1.46. The molecule has 1 amide bonds. The number of carbonyl (C=O) groups excluding carboxylic acids is 1. The van der Waals surface area contributed by atoms with Gasteiger partial charge in [-0.2, -0.15) is 0 Å². The van der Waals surface area contributed by atoms with Gasteiger partial charge >= 0.3 is 0 Å². The minimum atomic E-state index is -0.459. The summed E-state index contributed by atoms with van der Waals surface area (Å²) in [5.41, 5.74) is 6.77. The van der Waals surface area contributed by atoms with Crippen molar-refractivity contribution in [1.82, 2.24) is 4.98 Å². The molecule has 1 unspecified atom stereocenters. The molecule has 0 aliphatic heterocycles. The summed E-state index contributed by atoms with van der Waals surface area (Å²) in [6.07, 6.45) is 3.75. The molecule has 4 N–H and O–H groups in total. The number of hydrogen-bond acceptors (Lipinski definition) is 4. The van der Waals surface area contributed by atoms with E-state index in [9.17, 15) is 4.79 Å². The van der Waals surface area contributed by atoms with Gasteiger partial charge in [0.05, 0.1) is 6.61 Å². The number of nitrogens with one attached hydrogen (secondary N) is 1. The molecule has 100 valence electrons. The lowest BCUT2D eigenvalue weighted by Crippen LogP contribution is -2.30. The van der Waals surface area contributed by atoms with Gasteiger partial charge in [0.25, 0.3) is 0 Å². The zero-order chi connectivity index (χ0) is 13.8. The first-order valence-corrected chi connectivity index (χ1v) is 5.95. The lowest BCUT2D eigenvalue weighted by atomic mass is 9.95. The van der Waals surface area contributed by atoms with Gasteiger partial charge in [-0.15, -0.1) is 0 Å². The maximum absolute atomic E-state index is 11.9. The van der Waals surface area contributed by atoms with Crippen molar-refractivity contribution in [3.63, 3.8) is 0 Å². The van der Waals surface area contributed by atoms with E-state index in [1.807, 2.05) is 20.8 Å². The molecule has 1 atom stereocenters. The number of pyridine rings is 1. The highest BCUT2D eigenvalue weighted by Crippen LogP contribution is 2.20. The second kappa shape index (κ2) is 5.93. The van der Waals surface area contributed by atoms with E-state index in [1.54, 1.807) is 18.5 Å². The molecular weight excluding hydrogens is 230 g/mol. The van der Waals surface area contributed by atoms with Gasteiger partial charge in [0.2, 0.25) is 5.91 Å². The molecular formula is C13H21N3O2. The lowest BCUT2D eigenvalue weighted by Gasteiger charge is -2.19. The molecule has 0 saturated carbocycles. The quantitative estimate of drug-likeness (QED) is 0.742. The Kier molecular flexibility index (Phi) is 4.81. The minimum Gasteiger partial charge on any atom is -0.395 e. The standard InChI is InChI=1S/C13H21N3O2/c1-13(2,3)12(18)16-11-4-5-15-7-9(11)6-10(14)8-17/h4-5,7,10,17H,6,8,14H2,1-3H3,(H,15,16,18). The van der Waals surface area contributed by atoms with Crippen molar-refractivity contribution < 1.29 is 9.90 Å². The van der Waals surface area contributed by atoms with Gasteiger partial charge in [-0.1, -0.05) is 20.8 Å². The number of anilines is 1. The van der Waals surface area contributed by atoms with E-state index < -0.39 is 5.41 Å². The zero-order valence-corrected chi connectivity index (χ0v) is 11.1. The maximum atomic E-state index is 11.9. The average Bonchev–Trinajstić information content (AvgIpc) is 2.30. The molecule has 1 rings (SSSR count). The van der Waals surface area contributed by atoms with Crippen molar-refractivity contribution in [2.45, 2.75) is 33.2 Å². The normalized spacial score (nSPS) is 13.2. The van der Waals surface area contributed by atoms with Crippen LogP contribution in [0.3, 0.4) is 0 Å². The van der Waals surface area contributed by atoms with Gasteiger partial charge in [0.1, 0.15) is 0 Å². The first kappa shape index (κ1) is 14.6. The second-order valence-corrected chi connectivity index (χ2v) is 5.38. The fraction of sp³-hybridized carbons (Fsp3) is 0.538. The Labute approximate surface area is 107 Å². The largest absolute Gasteiger partial charge is 0.395 e. The predicted molar refractivity (Wildman–Crippen MR) is 71.1 cm³/mol. The van der Waals surface area contributed by atoms with E-state index in [2.05, 4.69) is 10.3 Å². The van der Waals surface area contributed by atoms with Crippen molar-refractivity contribution in [1.29, 1.82) is 0 Å². The summed E-state index contributed by atoms with van der Waals surface area (Å²) in [7, 11) is 0. The molecule has 5 nitrogen and oxygen atoms in total. The number of aliphatic hydroxyl groups is 1. The summed E-state index contributed by atoms with van der Waals surface area (Å²) >= 11 is 0. The summed E-state index contributed by atoms with van der Waals surface area (Å²) in [4.78, 5) is 15.9. The third-order valence-electron chi connectivity index (χ3n) is 2.55. The zero-order valence-electron chi connectivity index (χ0n) is 11.1. The molecule has 1 aromatic heterocycles. The van der Waals surface area contributed by atoms with Gasteiger partial charge < -0.3 is 16.2 Å². The van der Waals surface area contributed by atoms with Crippen LogP contribution < -0.4 is 11.1 Å². The number of nitrogens with zero attached hydrogens (tertiary/aromatic N) is 1. The summed E-state index contributed by atoms with van der Waals surface area (Å²) in [6.45, 7) is 5.45. The fourth-order valence-corrected chi connectivity index (χ4v) is 1.37. The number of aromatic nitrogens is 1. The number of aliphatic hydroxyl groups excluding tert-OH is 1. The molecule has 1 heterocycles. The van der Waals surface area contributed by atoms with E-state index in [0.717, 1.165) is 5.56 Å². The SMILES string of the molecule is CC(C)(C)C(=O)Nc1ccncc1CC(N)CO. The third-order valence-corrected chi connectivity index (χ3v) is 2.55. The molecule has 0 bridgehead atoms. The van der Waals surface area contributed by atoms with Crippen LogP contribution in [0.1, 0.15) is 26.3 Å². The molecule has 0 radical (unpaired) electrons. The maximum Gasteiger partial charge on any atom is 0.229 e. The van der Waals surface area contributed by atoms with Gasteiger partial charge in [-0.3, -0.25) is 9.78 Å². The Bertz CT molecular complexity index is 413. The molecule has 0 fully saturated rings. The molecule has 0 aliphatic carbocycles. The summed E-state index contributed by atoms with van der Waals surface area (Å²) in [5.74, 6) is -0.0625. The smallest absolute Gasteiger partial charge is 0.229 e. The van der Waals surface area contributed by atoms with Crippen LogP contribution in [0.25, 0.3) is 0 Å². The highest BCUT2D eigenvalue weighted by molar-refractivity contribution is 5.95. The van der Waals surface area contributed by atoms with Gasteiger partial charge in [-0.05, 0) is 18.1 Å². The Morgan fingerprint density at radius 1 is 1.56 bits per heavy atom. The van der Waals surface area contributed by atoms with E-state index in [1.165, 1.54) is 0 Å². The van der Waals surface area contributed by atoms with Crippen LogP contribution in [-0.4, -0.2) is 28.6 Å². The summed E-state index contributed by atoms with van der Waals surface area (Å²) in [6, 6.07) is 1.39. The lowest BCUT2D eigenvalue weighted by molar-refractivity contribution is -0.123. The number of hydrogen-bond donors (Lipinski definition) is 3. The molecule has 0 aromatic carbocycles. The van der Waals surface area contributed by atoms with Crippen LogP contribution in [-0.2, 0) is 11.2 Å². The highest BCUT2D eigenvalue weighted by Gasteiger charge is 2.22. The van der Waals surface area contributed by atoms with Gasteiger partial charge in [0.15, 0.2) is 0 Å². The van der Waals surface area contributed by atoms with Crippen LogP contribution >= 0.6 is 0 Å². The molecule has 0 aliphatic rings. The number of amides is 1. The molecule has 18 heavy (non-hydrogen) atoms. The monoisotopic (exact) mass is 251 g/mol. The van der Waals surface area contributed by atoms with Crippen LogP contribution in [0.5, 0.6) is 0 Å². The minimum absolute atomic E-state index is 0.0625. The topological polar surface area (TPSA) is 88.2 Å². The molecule has 0 saturated heterocycles. The number of nitrogens with two attached hydrogens (primary N) is 1. The fourth-order valence-electron chi connectivity index (χ4n) is 1.37. The summed E-state index contributed by atoms with van der Waals surface area (Å²) in [5, 5.41) is 11.8. The predicted octanol–water partition coefficient (Wildman–Crippen LogP) is 0.928. The van der Waals surface area contributed by atoms with Crippen molar-refractivity contribution >= 4 is 11.6 Å². The molecule has 5 heteroatoms. The number of carbonyl (C=O) groups is 1. The highest BCUT2D eigenvalue weighted by atomic mass is 16.3. The van der Waals surface area contributed by atoms with E-state index in [4.69, 9.17) is 10.8 Å². The van der Waals surface area contributed by atoms with E-state index in [0.29, 0.717) is 12.1 Å². The Balaban J connectivity index is 2.86. The van der Waals surface area contributed by atoms with E-state index >= 15 is 0 Å². The average molecular weight is 251 g/mol. The first-order chi connectivity index (χ1) is 8.34. The van der Waals surface area contributed by atoms with Gasteiger partial charge in [0, 0.05) is 29.5 Å². The Morgan fingerprint density at radius 3 is 2.78 bits per heavy atom. The first-order valence-electron chi connectivity index (χ1n) is 5.95. The van der Waals surface area contributed by atoms with Crippen molar-refractivity contribution in [3.8, 4) is 0 Å². The van der Waals surface area contributed by atoms with Crippen LogP contribution in [0, 0.1) is 5.41 Å². The van der Waals surface area contributed by atoms with Crippen molar-refractivity contribution in [2.24, 2.45) is 11.1 Å². The van der Waals surface area contributed by atoms with Gasteiger partial charge in [-0.25, -0.2) is 0 Å².